The molecule has 1 aliphatic rings. The highest BCUT2D eigenvalue weighted by molar-refractivity contribution is 7.93. The first-order valence-electron chi connectivity index (χ1n) is 13.6. The van der Waals surface area contributed by atoms with Crippen LogP contribution in [0, 0.1) is 0 Å². The lowest BCUT2D eigenvalue weighted by Gasteiger charge is -2.36. The van der Waals surface area contributed by atoms with E-state index in [4.69, 9.17) is 32.7 Å². The van der Waals surface area contributed by atoms with Gasteiger partial charge in [0, 0.05) is 57.1 Å². The van der Waals surface area contributed by atoms with Gasteiger partial charge >= 0.3 is 6.09 Å². The highest BCUT2D eigenvalue weighted by Gasteiger charge is 2.39. The van der Waals surface area contributed by atoms with Crippen LogP contribution in [0.5, 0.6) is 11.5 Å². The van der Waals surface area contributed by atoms with Gasteiger partial charge in [0.2, 0.25) is 0 Å². The molecule has 0 bridgehead atoms. The van der Waals surface area contributed by atoms with Gasteiger partial charge in [-0.1, -0.05) is 61.3 Å². The van der Waals surface area contributed by atoms with Crippen molar-refractivity contribution in [3.63, 3.8) is 0 Å². The molecule has 43 heavy (non-hydrogen) atoms. The summed E-state index contributed by atoms with van der Waals surface area (Å²) < 4.78 is 42.5. The number of halogens is 2. The van der Waals surface area contributed by atoms with Crippen LogP contribution in [0.25, 0.3) is 10.8 Å². The van der Waals surface area contributed by atoms with Gasteiger partial charge < -0.3 is 14.4 Å². The number of carbonyl (C=O) groups is 1. The highest BCUT2D eigenvalue weighted by Crippen LogP contribution is 2.55. The molecule has 11 heteroatoms. The average molecular weight is 643 g/mol. The van der Waals surface area contributed by atoms with Gasteiger partial charge in [-0.25, -0.2) is 13.2 Å². The summed E-state index contributed by atoms with van der Waals surface area (Å²) in [7, 11) is -0.311. The van der Waals surface area contributed by atoms with E-state index in [0.717, 1.165) is 11.1 Å². The van der Waals surface area contributed by atoms with E-state index in [0.29, 0.717) is 32.3 Å². The summed E-state index contributed by atoms with van der Waals surface area (Å²) in [4.78, 5) is 14.8. The number of amides is 1. The summed E-state index contributed by atoms with van der Waals surface area (Å²) in [6.45, 7) is 9.17. The Kier molecular flexibility index (Phi) is 7.74. The number of nitrogens with one attached hydrogen (secondary N) is 2. The Morgan fingerprint density at radius 1 is 0.884 bits per heavy atom. The van der Waals surface area contributed by atoms with E-state index in [-0.39, 0.29) is 22.0 Å². The molecule has 0 spiro atoms. The first kappa shape index (κ1) is 30.8. The van der Waals surface area contributed by atoms with Gasteiger partial charge in [-0.2, -0.15) is 0 Å². The summed E-state index contributed by atoms with van der Waals surface area (Å²) in [5.41, 5.74) is 1.17. The maximum absolute atomic E-state index is 14.0. The van der Waals surface area contributed by atoms with Gasteiger partial charge in [-0.15, -0.1) is 0 Å². The largest absolute Gasteiger partial charge is 0.452 e. The molecule has 1 aliphatic heterocycles. The zero-order chi connectivity index (χ0) is 31.5. The minimum Gasteiger partial charge on any atom is -0.452 e. The Bertz CT molecular complexity index is 1880. The van der Waals surface area contributed by atoms with Crippen molar-refractivity contribution in [1.82, 2.24) is 0 Å². The minimum absolute atomic E-state index is 0.108. The highest BCUT2D eigenvalue weighted by atomic mass is 35.5. The number of hydrogen-bond donors (Lipinski definition) is 2. The monoisotopic (exact) mass is 641 g/mol. The molecule has 1 amide bonds. The van der Waals surface area contributed by atoms with E-state index < -0.39 is 27.1 Å². The van der Waals surface area contributed by atoms with E-state index >= 15 is 0 Å². The summed E-state index contributed by atoms with van der Waals surface area (Å²) in [5, 5.41) is 4.80. The van der Waals surface area contributed by atoms with Crippen molar-refractivity contribution in [2.45, 2.75) is 50.5 Å². The predicted molar refractivity (Wildman–Crippen MR) is 174 cm³/mol. The number of ether oxygens (including phenoxy) is 2. The first-order valence-corrected chi connectivity index (χ1v) is 15.8. The Labute approximate surface area is 261 Å². The molecule has 0 saturated carbocycles. The molecule has 4 aromatic rings. The zero-order valence-corrected chi connectivity index (χ0v) is 27.3. The second-order valence-corrected chi connectivity index (χ2v) is 14.7. The van der Waals surface area contributed by atoms with Crippen LogP contribution in [0.4, 0.5) is 21.9 Å². The number of rotatable bonds is 5. The van der Waals surface area contributed by atoms with Crippen LogP contribution < -0.4 is 19.7 Å². The van der Waals surface area contributed by atoms with Crippen molar-refractivity contribution in [2.75, 3.05) is 29.0 Å². The quantitative estimate of drug-likeness (QED) is 0.226. The zero-order valence-electron chi connectivity index (χ0n) is 24.9. The van der Waals surface area contributed by atoms with Gasteiger partial charge in [0.1, 0.15) is 5.60 Å². The Hall–Kier alpha value is -3.66. The Morgan fingerprint density at radius 2 is 1.44 bits per heavy atom. The third kappa shape index (κ3) is 5.94. The van der Waals surface area contributed by atoms with Crippen molar-refractivity contribution < 1.29 is 22.7 Å². The molecular weight excluding hydrogens is 609 g/mol. The summed E-state index contributed by atoms with van der Waals surface area (Å²) >= 11 is 13.0. The molecular formula is C32H33Cl2N3O5S. The van der Waals surface area contributed by atoms with Gasteiger partial charge in [0.25, 0.3) is 10.0 Å². The summed E-state index contributed by atoms with van der Waals surface area (Å²) in [6, 6.07) is 17.3. The smallest absolute Gasteiger partial charge is 0.412 e. The second-order valence-electron chi connectivity index (χ2n) is 12.1. The lowest BCUT2D eigenvalue weighted by Crippen LogP contribution is -2.29. The van der Waals surface area contributed by atoms with E-state index in [9.17, 15) is 13.2 Å². The van der Waals surface area contributed by atoms with Crippen LogP contribution in [0.15, 0.2) is 65.6 Å². The third-order valence-electron chi connectivity index (χ3n) is 7.17. The molecule has 8 nitrogen and oxygen atoms in total. The van der Waals surface area contributed by atoms with E-state index in [1.807, 2.05) is 51.0 Å². The summed E-state index contributed by atoms with van der Waals surface area (Å²) in [6.07, 6.45) is -0.686. The number of anilines is 3. The molecule has 5 rings (SSSR count). The van der Waals surface area contributed by atoms with E-state index in [2.05, 4.69) is 10.0 Å². The first-order chi connectivity index (χ1) is 20.0. The Morgan fingerprint density at radius 3 is 2.05 bits per heavy atom. The minimum atomic E-state index is -4.12. The molecule has 0 saturated heterocycles. The number of hydrogen-bond acceptors (Lipinski definition) is 6. The van der Waals surface area contributed by atoms with Crippen LogP contribution in [0.1, 0.15) is 45.7 Å². The van der Waals surface area contributed by atoms with Crippen molar-refractivity contribution in [1.29, 1.82) is 0 Å². The fourth-order valence-corrected chi connectivity index (χ4v) is 6.97. The topological polar surface area (TPSA) is 97.0 Å². The van der Waals surface area contributed by atoms with Crippen molar-refractivity contribution in [3.8, 4) is 11.5 Å². The van der Waals surface area contributed by atoms with Gasteiger partial charge in [0.15, 0.2) is 11.5 Å². The van der Waals surface area contributed by atoms with Gasteiger partial charge in [-0.3, -0.25) is 10.0 Å². The van der Waals surface area contributed by atoms with Crippen molar-refractivity contribution in [3.05, 3.63) is 81.8 Å². The van der Waals surface area contributed by atoms with Crippen LogP contribution in [0.2, 0.25) is 10.0 Å². The standard InChI is InChI=1S/C32H33Cl2N3O5S/c1-31(2,3)42-30(38)35-24-16-18(33)14-22-28(24)41-29-23(32(22,4)5)15-19(34)17-25(29)36-43(39,40)27-13-9-10-20-21(27)11-8-12-26(20)37(6)7/h8-17,36H,1-7H3,(H,35,38). The van der Waals surface area contributed by atoms with Crippen molar-refractivity contribution >= 4 is 67.2 Å². The normalized spacial score (nSPS) is 13.9. The lowest BCUT2D eigenvalue weighted by atomic mass is 9.75. The van der Waals surface area contributed by atoms with Gasteiger partial charge in [0.05, 0.1) is 16.3 Å². The molecule has 226 valence electrons. The molecule has 0 radical (unpaired) electrons. The molecule has 1 heterocycles. The van der Waals surface area contributed by atoms with Crippen LogP contribution in [-0.4, -0.2) is 34.2 Å². The van der Waals surface area contributed by atoms with Crippen LogP contribution >= 0.6 is 23.2 Å². The SMILES string of the molecule is CN(C)c1cccc2c(S(=O)(=O)Nc3cc(Cl)cc4c3Oc3c(NC(=O)OC(C)(C)C)cc(Cl)cc3C4(C)C)cccc12. The Balaban J connectivity index is 1.62. The van der Waals surface area contributed by atoms with Crippen molar-refractivity contribution in [2.24, 2.45) is 0 Å². The number of sulfonamides is 1. The average Bonchev–Trinajstić information content (AvgIpc) is 2.88. The number of fused-ring (bicyclic) bond motifs is 3. The lowest BCUT2D eigenvalue weighted by molar-refractivity contribution is 0.0635. The molecule has 2 N–H and O–H groups in total. The van der Waals surface area contributed by atoms with E-state index in [1.165, 1.54) is 6.07 Å². The maximum Gasteiger partial charge on any atom is 0.412 e. The predicted octanol–water partition coefficient (Wildman–Crippen LogP) is 8.79. The molecule has 0 unspecified atom stereocenters. The second kappa shape index (κ2) is 10.8. The van der Waals surface area contributed by atoms with E-state index in [1.54, 1.807) is 57.2 Å². The van der Waals surface area contributed by atoms with Crippen LogP contribution in [0.3, 0.4) is 0 Å². The third-order valence-corrected chi connectivity index (χ3v) is 9.03. The fraction of sp³-hybridized carbons (Fsp3) is 0.281. The molecule has 0 atom stereocenters. The molecule has 0 fully saturated rings. The number of benzene rings is 4. The number of carbonyl (C=O) groups excluding carboxylic acids is 1. The van der Waals surface area contributed by atoms with Crippen LogP contribution in [-0.2, 0) is 20.2 Å². The molecule has 0 aromatic heterocycles. The molecule has 0 aliphatic carbocycles. The summed E-state index contributed by atoms with van der Waals surface area (Å²) in [5.74, 6) is 0.575. The maximum atomic E-state index is 14.0. The van der Waals surface area contributed by atoms with Gasteiger partial charge in [-0.05, 0) is 57.2 Å². The molecule has 4 aromatic carbocycles. The number of nitrogens with zero attached hydrogens (tertiary/aromatic N) is 1. The fourth-order valence-electron chi connectivity index (χ4n) is 5.25.